The van der Waals surface area contributed by atoms with Crippen LogP contribution in [0, 0.1) is 17.2 Å². The fourth-order valence-electron chi connectivity index (χ4n) is 2.43. The van der Waals surface area contributed by atoms with Gasteiger partial charge >= 0.3 is 0 Å². The minimum Gasteiger partial charge on any atom is -0.364 e. The number of benzene rings is 1. The molecule has 0 saturated carbocycles. The molecule has 1 saturated heterocycles. The lowest BCUT2D eigenvalue weighted by molar-refractivity contribution is 0.439. The van der Waals surface area contributed by atoms with Crippen LogP contribution in [-0.2, 0) is 0 Å². The highest BCUT2D eigenvalue weighted by atomic mass is 35.5. The molecule has 2 nitrogen and oxygen atoms in total. The van der Waals surface area contributed by atoms with Gasteiger partial charge in [-0.05, 0) is 38.5 Å². The lowest BCUT2D eigenvalue weighted by Crippen LogP contribution is -2.42. The van der Waals surface area contributed by atoms with Gasteiger partial charge in [-0.25, -0.2) is 0 Å². The lowest BCUT2D eigenvalue weighted by atomic mass is 9.89. The van der Waals surface area contributed by atoms with Crippen molar-refractivity contribution in [3.8, 4) is 6.07 Å². The highest BCUT2D eigenvalue weighted by Crippen LogP contribution is 2.41. The zero-order valence-electron chi connectivity index (χ0n) is 9.87. The largest absolute Gasteiger partial charge is 0.364 e. The Morgan fingerprint density at radius 1 is 1.41 bits per heavy atom. The van der Waals surface area contributed by atoms with Crippen molar-refractivity contribution in [3.63, 3.8) is 0 Å². The van der Waals surface area contributed by atoms with Crippen LogP contribution in [0.1, 0.15) is 20.3 Å². The maximum absolute atomic E-state index is 9.15. The van der Waals surface area contributed by atoms with Gasteiger partial charge in [0.25, 0.3) is 0 Å². The first kappa shape index (κ1) is 12.5. The fraction of sp³-hybridized carbons (Fsp3) is 0.462. The second kappa shape index (κ2) is 4.40. The molecule has 0 N–H and O–H groups in total. The van der Waals surface area contributed by atoms with E-state index in [1.54, 1.807) is 12.1 Å². The summed E-state index contributed by atoms with van der Waals surface area (Å²) in [5, 5.41) is 10.5. The Labute approximate surface area is 112 Å². The van der Waals surface area contributed by atoms with Crippen LogP contribution in [0.4, 0.5) is 5.69 Å². The predicted molar refractivity (Wildman–Crippen MR) is 71.6 cm³/mol. The highest BCUT2D eigenvalue weighted by Gasteiger charge is 2.42. The Morgan fingerprint density at radius 3 is 2.71 bits per heavy atom. The zero-order valence-corrected chi connectivity index (χ0v) is 11.4. The van der Waals surface area contributed by atoms with Crippen LogP contribution in [0.25, 0.3) is 0 Å². The van der Waals surface area contributed by atoms with Gasteiger partial charge in [0.1, 0.15) is 0 Å². The van der Waals surface area contributed by atoms with Gasteiger partial charge in [-0.15, -0.1) is 0 Å². The molecule has 1 unspecified atom stereocenters. The number of anilines is 1. The summed E-state index contributed by atoms with van der Waals surface area (Å²) in [5.74, 6) is 0.0255. The van der Waals surface area contributed by atoms with Gasteiger partial charge in [0.05, 0.1) is 28.2 Å². The zero-order chi connectivity index (χ0) is 12.6. The Hall–Kier alpha value is -0.910. The van der Waals surface area contributed by atoms with Crippen LogP contribution in [0.3, 0.4) is 0 Å². The van der Waals surface area contributed by atoms with Gasteiger partial charge in [0.15, 0.2) is 0 Å². The van der Waals surface area contributed by atoms with Crippen LogP contribution < -0.4 is 4.90 Å². The molecule has 0 aliphatic carbocycles. The van der Waals surface area contributed by atoms with E-state index in [9.17, 15) is 0 Å². The Bertz CT molecular complexity index is 477. The Kier molecular flexibility index (Phi) is 3.25. The van der Waals surface area contributed by atoms with E-state index in [4.69, 9.17) is 28.5 Å². The summed E-state index contributed by atoms with van der Waals surface area (Å²) in [6.07, 6.45) is 0.867. The first-order chi connectivity index (χ1) is 7.96. The number of nitriles is 1. The van der Waals surface area contributed by atoms with Crippen LogP contribution in [0.2, 0.25) is 10.0 Å². The molecule has 0 spiro atoms. The molecular formula is C13H14Cl2N2. The lowest BCUT2D eigenvalue weighted by Gasteiger charge is -2.36. The molecule has 17 heavy (non-hydrogen) atoms. The SMILES string of the molecule is CC1(C)C(C#N)CCN1c1cc(Cl)ccc1Cl. The Balaban J connectivity index is 2.42. The molecule has 1 aliphatic heterocycles. The van der Waals surface area contributed by atoms with Crippen molar-refractivity contribution in [1.82, 2.24) is 0 Å². The van der Waals surface area contributed by atoms with Crippen molar-refractivity contribution in [2.45, 2.75) is 25.8 Å². The number of rotatable bonds is 1. The molecule has 4 heteroatoms. The van der Waals surface area contributed by atoms with Crippen LogP contribution in [-0.4, -0.2) is 12.1 Å². The fourth-order valence-corrected chi connectivity index (χ4v) is 2.82. The minimum atomic E-state index is -0.205. The van der Waals surface area contributed by atoms with Crippen molar-refractivity contribution >= 4 is 28.9 Å². The number of halogens is 2. The van der Waals surface area contributed by atoms with Gasteiger partial charge in [-0.1, -0.05) is 23.2 Å². The molecular weight excluding hydrogens is 255 g/mol. The number of hydrogen-bond acceptors (Lipinski definition) is 2. The van der Waals surface area contributed by atoms with E-state index in [1.807, 2.05) is 6.07 Å². The first-order valence-electron chi connectivity index (χ1n) is 5.59. The number of nitrogens with zero attached hydrogens (tertiary/aromatic N) is 2. The van der Waals surface area contributed by atoms with E-state index in [2.05, 4.69) is 24.8 Å². The van der Waals surface area contributed by atoms with Crippen LogP contribution in [0.15, 0.2) is 18.2 Å². The minimum absolute atomic E-state index is 0.0255. The monoisotopic (exact) mass is 268 g/mol. The van der Waals surface area contributed by atoms with Crippen molar-refractivity contribution in [3.05, 3.63) is 28.2 Å². The van der Waals surface area contributed by atoms with Crippen LogP contribution >= 0.6 is 23.2 Å². The van der Waals surface area contributed by atoms with Crippen molar-refractivity contribution in [2.24, 2.45) is 5.92 Å². The van der Waals surface area contributed by atoms with E-state index in [-0.39, 0.29) is 11.5 Å². The van der Waals surface area contributed by atoms with Gasteiger partial charge in [-0.3, -0.25) is 0 Å². The summed E-state index contributed by atoms with van der Waals surface area (Å²) in [4.78, 5) is 2.18. The predicted octanol–water partition coefficient (Wildman–Crippen LogP) is 4.12. The van der Waals surface area contributed by atoms with Crippen molar-refractivity contribution in [2.75, 3.05) is 11.4 Å². The summed E-state index contributed by atoms with van der Waals surface area (Å²) < 4.78 is 0. The third kappa shape index (κ3) is 2.10. The van der Waals surface area contributed by atoms with Crippen LogP contribution in [0.5, 0.6) is 0 Å². The average Bonchev–Trinajstić information content (AvgIpc) is 2.57. The van der Waals surface area contributed by atoms with Crippen molar-refractivity contribution < 1.29 is 0 Å². The van der Waals surface area contributed by atoms with E-state index >= 15 is 0 Å². The summed E-state index contributed by atoms with van der Waals surface area (Å²) in [6.45, 7) is 4.99. The van der Waals surface area contributed by atoms with Gasteiger partial charge in [0.2, 0.25) is 0 Å². The first-order valence-corrected chi connectivity index (χ1v) is 6.34. The standard InChI is InChI=1S/C13H14Cl2N2/c1-13(2)9(8-16)5-6-17(13)12-7-10(14)3-4-11(12)15/h3-4,7,9H,5-6H2,1-2H3. The summed E-state index contributed by atoms with van der Waals surface area (Å²) in [5.41, 5.74) is 0.713. The molecule has 1 atom stereocenters. The molecule has 1 fully saturated rings. The summed E-state index contributed by atoms with van der Waals surface area (Å²) in [7, 11) is 0. The van der Waals surface area contributed by atoms with E-state index < -0.39 is 0 Å². The maximum atomic E-state index is 9.15. The van der Waals surface area contributed by atoms with E-state index in [0.717, 1.165) is 18.7 Å². The molecule has 0 radical (unpaired) electrons. The molecule has 0 amide bonds. The van der Waals surface area contributed by atoms with E-state index in [0.29, 0.717) is 10.0 Å². The maximum Gasteiger partial charge on any atom is 0.0706 e. The molecule has 0 aromatic heterocycles. The molecule has 1 aromatic rings. The summed E-state index contributed by atoms with van der Waals surface area (Å²) >= 11 is 12.2. The van der Waals surface area contributed by atoms with Crippen molar-refractivity contribution in [1.29, 1.82) is 5.26 Å². The second-order valence-corrected chi connectivity index (χ2v) is 5.72. The summed E-state index contributed by atoms with van der Waals surface area (Å²) in [6, 6.07) is 7.81. The molecule has 90 valence electrons. The molecule has 2 rings (SSSR count). The molecule has 1 aliphatic rings. The normalized spacial score (nSPS) is 22.5. The van der Waals surface area contributed by atoms with Gasteiger partial charge in [-0.2, -0.15) is 5.26 Å². The smallest absolute Gasteiger partial charge is 0.0706 e. The number of hydrogen-bond donors (Lipinski definition) is 0. The third-order valence-electron chi connectivity index (χ3n) is 3.54. The molecule has 1 heterocycles. The molecule has 0 bridgehead atoms. The average molecular weight is 269 g/mol. The third-order valence-corrected chi connectivity index (χ3v) is 4.10. The topological polar surface area (TPSA) is 27.0 Å². The Morgan fingerprint density at radius 2 is 2.12 bits per heavy atom. The van der Waals surface area contributed by atoms with E-state index in [1.165, 1.54) is 0 Å². The highest BCUT2D eigenvalue weighted by molar-refractivity contribution is 6.35. The van der Waals surface area contributed by atoms with Gasteiger partial charge in [0, 0.05) is 11.6 Å². The quantitative estimate of drug-likeness (QED) is 0.766. The molecule has 1 aromatic carbocycles. The second-order valence-electron chi connectivity index (χ2n) is 4.87. The van der Waals surface area contributed by atoms with Gasteiger partial charge < -0.3 is 4.90 Å².